The second kappa shape index (κ2) is 14.6. The molecular weight excluding hydrogens is 352 g/mol. The Labute approximate surface area is 169 Å². The summed E-state index contributed by atoms with van der Waals surface area (Å²) < 4.78 is 4.82. The van der Waals surface area contributed by atoms with Gasteiger partial charge in [0, 0.05) is 18.4 Å². The number of hydrogen-bond acceptors (Lipinski definition) is 4. The number of carbonyl (C=O) groups is 3. The average Bonchev–Trinajstić information content (AvgIpc) is 2.68. The van der Waals surface area contributed by atoms with Crippen molar-refractivity contribution in [2.45, 2.75) is 78.1 Å². The molecule has 0 aliphatic rings. The van der Waals surface area contributed by atoms with Crippen molar-refractivity contribution in [3.63, 3.8) is 0 Å². The number of rotatable bonds is 12. The monoisotopic (exact) mass is 384 g/mol. The number of carbonyl (C=O) groups excluding carboxylic acids is 3. The van der Waals surface area contributed by atoms with Crippen LogP contribution in [-0.4, -0.2) is 17.7 Å². The van der Waals surface area contributed by atoms with Crippen LogP contribution in [0.3, 0.4) is 0 Å². The maximum Gasteiger partial charge on any atom is 0.313 e. The summed E-state index contributed by atoms with van der Waals surface area (Å²) in [5.74, 6) is 3.94. The first-order valence-electron chi connectivity index (χ1n) is 10.3. The topological polar surface area (TPSA) is 60.4 Å². The number of Topliss-reactive ketones (excluding diaryl/α,β-unsaturated/α-hetero) is 1. The first kappa shape index (κ1) is 23.6. The fourth-order valence-corrected chi connectivity index (χ4v) is 2.82. The van der Waals surface area contributed by atoms with Crippen molar-refractivity contribution in [3.8, 4) is 11.8 Å². The zero-order valence-corrected chi connectivity index (χ0v) is 17.2. The van der Waals surface area contributed by atoms with Crippen LogP contribution in [0.5, 0.6) is 0 Å². The lowest BCUT2D eigenvalue weighted by Crippen LogP contribution is -2.15. The van der Waals surface area contributed by atoms with Gasteiger partial charge in [0.25, 0.3) is 0 Å². The maximum atomic E-state index is 11.8. The van der Waals surface area contributed by atoms with Crippen LogP contribution in [0.4, 0.5) is 0 Å². The number of ether oxygens (including phenoxy) is 1. The summed E-state index contributed by atoms with van der Waals surface area (Å²) in [6.07, 6.45) is 8.35. The lowest BCUT2D eigenvalue weighted by Gasteiger charge is -2.10. The molecular formula is C24H32O4. The van der Waals surface area contributed by atoms with Crippen LogP contribution in [0, 0.1) is 17.8 Å². The predicted molar refractivity (Wildman–Crippen MR) is 110 cm³/mol. The van der Waals surface area contributed by atoms with Gasteiger partial charge in [-0.15, -0.1) is 0 Å². The fraction of sp³-hybridized carbons (Fsp3) is 0.542. The van der Waals surface area contributed by atoms with Crippen molar-refractivity contribution in [1.29, 1.82) is 0 Å². The highest BCUT2D eigenvalue weighted by atomic mass is 16.6. The number of esters is 2. The molecule has 0 aliphatic heterocycles. The van der Waals surface area contributed by atoms with E-state index in [0.29, 0.717) is 0 Å². The van der Waals surface area contributed by atoms with E-state index in [1.165, 1.54) is 32.1 Å². The zero-order chi connectivity index (χ0) is 20.6. The molecule has 1 rings (SSSR count). The summed E-state index contributed by atoms with van der Waals surface area (Å²) >= 11 is 0. The van der Waals surface area contributed by atoms with Gasteiger partial charge in [0.15, 0.2) is 0 Å². The summed E-state index contributed by atoms with van der Waals surface area (Å²) in [7, 11) is 0. The third-order valence-corrected chi connectivity index (χ3v) is 4.47. The molecule has 0 spiro atoms. The zero-order valence-electron chi connectivity index (χ0n) is 17.2. The molecule has 1 atom stereocenters. The van der Waals surface area contributed by atoms with E-state index in [1.807, 2.05) is 25.1 Å². The van der Waals surface area contributed by atoms with Crippen molar-refractivity contribution in [2.24, 2.45) is 5.92 Å². The molecule has 0 saturated heterocycles. The summed E-state index contributed by atoms with van der Waals surface area (Å²) in [6.45, 7) is 4.20. The standard InChI is InChI=1S/C24H32O4/c1-3-4-5-6-7-9-12-20(2)19-24(27)28-23(26)18-17-22(25)16-15-21-13-10-8-11-14-21/h8,10-11,13-14,20H,3-7,9,12,17-19H2,1-2H3. The number of benzene rings is 1. The Morgan fingerprint density at radius 3 is 2.32 bits per heavy atom. The number of ketones is 1. The Kier molecular flexibility index (Phi) is 12.3. The van der Waals surface area contributed by atoms with Crippen molar-refractivity contribution in [2.75, 3.05) is 0 Å². The van der Waals surface area contributed by atoms with Gasteiger partial charge in [0.2, 0.25) is 5.78 Å². The molecule has 0 aliphatic carbocycles. The van der Waals surface area contributed by atoms with Gasteiger partial charge in [0.05, 0.1) is 6.42 Å². The van der Waals surface area contributed by atoms with Crippen LogP contribution in [-0.2, 0) is 19.1 Å². The lowest BCUT2D eigenvalue weighted by molar-refractivity contribution is -0.160. The molecule has 0 aromatic heterocycles. The lowest BCUT2D eigenvalue weighted by atomic mass is 9.99. The van der Waals surface area contributed by atoms with Crippen LogP contribution in [0.25, 0.3) is 0 Å². The molecule has 1 aromatic rings. The normalized spacial score (nSPS) is 11.2. The van der Waals surface area contributed by atoms with Crippen LogP contribution in [0.1, 0.15) is 83.6 Å². The van der Waals surface area contributed by atoms with Crippen molar-refractivity contribution in [1.82, 2.24) is 0 Å². The van der Waals surface area contributed by atoms with Crippen molar-refractivity contribution >= 4 is 17.7 Å². The quantitative estimate of drug-likeness (QED) is 0.214. The Bertz CT molecular complexity index is 667. The van der Waals surface area contributed by atoms with E-state index in [-0.39, 0.29) is 31.0 Å². The molecule has 152 valence electrons. The number of unbranched alkanes of at least 4 members (excludes halogenated alkanes) is 5. The van der Waals surface area contributed by atoms with E-state index in [9.17, 15) is 14.4 Å². The van der Waals surface area contributed by atoms with E-state index in [2.05, 4.69) is 18.8 Å². The Morgan fingerprint density at radius 2 is 1.61 bits per heavy atom. The molecule has 1 unspecified atom stereocenters. The second-order valence-corrected chi connectivity index (χ2v) is 7.25. The van der Waals surface area contributed by atoms with E-state index < -0.39 is 11.9 Å². The molecule has 0 bridgehead atoms. The molecule has 0 fully saturated rings. The molecule has 1 aromatic carbocycles. The molecule has 0 saturated carbocycles. The Balaban J connectivity index is 2.17. The van der Waals surface area contributed by atoms with Crippen molar-refractivity contribution in [3.05, 3.63) is 35.9 Å². The summed E-state index contributed by atoms with van der Waals surface area (Å²) in [5, 5.41) is 0. The van der Waals surface area contributed by atoms with Gasteiger partial charge in [0.1, 0.15) is 0 Å². The van der Waals surface area contributed by atoms with Gasteiger partial charge >= 0.3 is 11.9 Å². The smallest absolute Gasteiger partial charge is 0.313 e. The van der Waals surface area contributed by atoms with Gasteiger partial charge in [-0.25, -0.2) is 0 Å². The third kappa shape index (κ3) is 12.1. The molecule has 0 amide bonds. The van der Waals surface area contributed by atoms with Crippen molar-refractivity contribution < 1.29 is 19.1 Å². The largest absolute Gasteiger partial charge is 0.393 e. The summed E-state index contributed by atoms with van der Waals surface area (Å²) in [6, 6.07) is 9.16. The highest BCUT2D eigenvalue weighted by molar-refractivity contribution is 5.98. The molecule has 0 radical (unpaired) electrons. The predicted octanol–water partition coefficient (Wildman–Crippen LogP) is 5.23. The molecule has 4 nitrogen and oxygen atoms in total. The van der Waals surface area contributed by atoms with Gasteiger partial charge < -0.3 is 4.74 Å². The molecule has 4 heteroatoms. The second-order valence-electron chi connectivity index (χ2n) is 7.25. The summed E-state index contributed by atoms with van der Waals surface area (Å²) in [4.78, 5) is 35.3. The summed E-state index contributed by atoms with van der Waals surface area (Å²) in [5.41, 5.74) is 0.743. The Morgan fingerprint density at radius 1 is 0.929 bits per heavy atom. The average molecular weight is 385 g/mol. The third-order valence-electron chi connectivity index (χ3n) is 4.47. The van der Waals surface area contributed by atoms with E-state index in [1.54, 1.807) is 12.1 Å². The SMILES string of the molecule is CCCCCCCCC(C)CC(=O)OC(=O)CCC(=O)C#Cc1ccccc1. The maximum absolute atomic E-state index is 11.8. The minimum absolute atomic E-state index is 0.0424. The minimum atomic E-state index is -0.661. The molecule has 0 N–H and O–H groups in total. The molecule has 28 heavy (non-hydrogen) atoms. The van der Waals surface area contributed by atoms with E-state index in [4.69, 9.17) is 4.74 Å². The Hall–Kier alpha value is -2.41. The van der Waals surface area contributed by atoms with Gasteiger partial charge in [-0.3, -0.25) is 14.4 Å². The first-order valence-corrected chi connectivity index (χ1v) is 10.3. The molecule has 0 heterocycles. The minimum Gasteiger partial charge on any atom is -0.393 e. The van der Waals surface area contributed by atoms with Crippen LogP contribution >= 0.6 is 0 Å². The van der Waals surface area contributed by atoms with Crippen LogP contribution in [0.15, 0.2) is 30.3 Å². The highest BCUT2D eigenvalue weighted by Gasteiger charge is 2.15. The van der Waals surface area contributed by atoms with Gasteiger partial charge in [-0.2, -0.15) is 0 Å². The fourth-order valence-electron chi connectivity index (χ4n) is 2.82. The van der Waals surface area contributed by atoms with E-state index in [0.717, 1.165) is 18.4 Å². The van der Waals surface area contributed by atoms with Gasteiger partial charge in [-0.05, 0) is 24.0 Å². The number of hydrogen-bond donors (Lipinski definition) is 0. The van der Waals surface area contributed by atoms with Crippen LogP contribution in [0.2, 0.25) is 0 Å². The van der Waals surface area contributed by atoms with Crippen LogP contribution < -0.4 is 0 Å². The van der Waals surface area contributed by atoms with E-state index >= 15 is 0 Å². The first-order chi connectivity index (χ1) is 13.5. The highest BCUT2D eigenvalue weighted by Crippen LogP contribution is 2.15. The van der Waals surface area contributed by atoms with Gasteiger partial charge in [-0.1, -0.05) is 82.9 Å².